The maximum Gasteiger partial charge on any atom is 0.309 e. The van der Waals surface area contributed by atoms with Gasteiger partial charge in [-0.15, -0.1) is 0 Å². The Morgan fingerprint density at radius 2 is 1.47 bits per heavy atom. The monoisotopic (exact) mass is 425 g/mol. The molecule has 0 amide bonds. The van der Waals surface area contributed by atoms with Crippen molar-refractivity contribution < 1.29 is 4.84 Å². The molecule has 0 fully saturated rings. The van der Waals surface area contributed by atoms with Crippen molar-refractivity contribution in [3.05, 3.63) is 59.7 Å². The highest BCUT2D eigenvalue weighted by molar-refractivity contribution is 7.80. The number of nitrogens with one attached hydrogen (secondary N) is 5. The summed E-state index contributed by atoms with van der Waals surface area (Å²) in [4.78, 5) is 4.68. The van der Waals surface area contributed by atoms with E-state index in [1.807, 2.05) is 48.5 Å². The Kier molecular flexibility index (Phi) is 7.82. The third-order valence-electron chi connectivity index (χ3n) is 3.70. The molecular formula is C19H23N9OS. The van der Waals surface area contributed by atoms with Crippen molar-refractivity contribution in [3.8, 4) is 0 Å². The van der Waals surface area contributed by atoms with Crippen molar-refractivity contribution in [2.45, 2.75) is 13.8 Å². The van der Waals surface area contributed by atoms with E-state index in [4.69, 9.17) is 34.5 Å². The quantitative estimate of drug-likeness (QED) is 0.161. The molecule has 0 radical (unpaired) electrons. The number of oxime groups is 1. The smallest absolute Gasteiger partial charge is 0.309 e. The second kappa shape index (κ2) is 10.5. The summed E-state index contributed by atoms with van der Waals surface area (Å²) in [6.07, 6.45) is 0. The summed E-state index contributed by atoms with van der Waals surface area (Å²) in [5.41, 5.74) is 17.2. The van der Waals surface area contributed by atoms with Gasteiger partial charge < -0.3 is 26.9 Å². The molecule has 2 aromatic carbocycles. The van der Waals surface area contributed by atoms with Gasteiger partial charge in [0.1, 0.15) is 0 Å². The van der Waals surface area contributed by atoms with Crippen LogP contribution in [0.2, 0.25) is 0 Å². The third-order valence-corrected chi connectivity index (χ3v) is 3.91. The van der Waals surface area contributed by atoms with Crippen LogP contribution in [0.4, 0.5) is 11.4 Å². The molecule has 0 unspecified atom stereocenters. The first-order valence-electron chi connectivity index (χ1n) is 8.73. The Labute approximate surface area is 179 Å². The number of hydrazone groups is 1. The summed E-state index contributed by atoms with van der Waals surface area (Å²) in [5.74, 6) is -0.232. The highest BCUT2D eigenvalue weighted by atomic mass is 32.1. The van der Waals surface area contributed by atoms with Gasteiger partial charge in [-0.05, 0) is 55.9 Å². The highest BCUT2D eigenvalue weighted by Crippen LogP contribution is 2.15. The van der Waals surface area contributed by atoms with E-state index in [2.05, 4.69) is 31.2 Å². The van der Waals surface area contributed by atoms with E-state index in [1.165, 1.54) is 0 Å². The molecule has 0 aliphatic rings. The van der Waals surface area contributed by atoms with Crippen LogP contribution < -0.4 is 27.5 Å². The van der Waals surface area contributed by atoms with Crippen molar-refractivity contribution in [3.63, 3.8) is 0 Å². The molecule has 30 heavy (non-hydrogen) atoms. The maximum absolute atomic E-state index is 7.17. The molecule has 2 rings (SSSR count). The van der Waals surface area contributed by atoms with Gasteiger partial charge in [0, 0.05) is 16.9 Å². The molecule has 0 saturated carbocycles. The minimum Gasteiger partial charge on any atom is -0.369 e. The number of anilines is 2. The first kappa shape index (κ1) is 22.3. The zero-order valence-electron chi connectivity index (χ0n) is 16.5. The lowest BCUT2D eigenvalue weighted by atomic mass is 10.1. The molecule has 156 valence electrons. The van der Waals surface area contributed by atoms with Crippen LogP contribution in [0.15, 0.2) is 58.8 Å². The number of thiocarbonyl (C=S) groups is 1. The topological polar surface area (TPSA) is 170 Å². The Bertz CT molecular complexity index is 937. The van der Waals surface area contributed by atoms with Crippen LogP contribution in [-0.4, -0.2) is 28.5 Å². The zero-order valence-corrected chi connectivity index (χ0v) is 17.3. The molecule has 9 N–H and O–H groups in total. The number of benzene rings is 2. The summed E-state index contributed by atoms with van der Waals surface area (Å²) in [6.45, 7) is 3.55. The fraction of sp³-hybridized carbons (Fsp3) is 0.105. The fourth-order valence-electron chi connectivity index (χ4n) is 2.32. The van der Waals surface area contributed by atoms with Gasteiger partial charge in [-0.2, -0.15) is 5.10 Å². The molecule has 2 aromatic rings. The molecule has 0 bridgehead atoms. The molecule has 0 saturated heterocycles. The van der Waals surface area contributed by atoms with E-state index in [-0.39, 0.29) is 5.96 Å². The number of guanidine groups is 1. The van der Waals surface area contributed by atoms with E-state index in [0.717, 1.165) is 22.5 Å². The van der Waals surface area contributed by atoms with Crippen molar-refractivity contribution in [2.24, 2.45) is 21.7 Å². The molecular weight excluding hydrogens is 402 g/mol. The van der Waals surface area contributed by atoms with Crippen molar-refractivity contribution >= 4 is 52.1 Å². The maximum atomic E-state index is 7.17. The average Bonchev–Trinajstić information content (AvgIpc) is 2.70. The normalized spacial score (nSPS) is 11.4. The van der Waals surface area contributed by atoms with Crippen molar-refractivity contribution in [1.82, 2.24) is 5.43 Å². The highest BCUT2D eigenvalue weighted by Gasteiger charge is 2.05. The summed E-state index contributed by atoms with van der Waals surface area (Å²) >= 11 is 5.40. The fourth-order valence-corrected chi connectivity index (χ4v) is 2.55. The van der Waals surface area contributed by atoms with Crippen LogP contribution in [0, 0.1) is 10.8 Å². The minimum absolute atomic E-state index is 0.232. The number of hydrogen-bond acceptors (Lipinski definition) is 6. The SMILES string of the molecule is C/C(=N\NC(=N)N)c1cccc(NC(=S)Nc2cccc(/C(C)=N/OC(=N)N)c2)c1. The van der Waals surface area contributed by atoms with Gasteiger partial charge in [-0.1, -0.05) is 29.4 Å². The Morgan fingerprint density at radius 1 is 0.933 bits per heavy atom. The van der Waals surface area contributed by atoms with Crippen LogP contribution >= 0.6 is 12.2 Å². The summed E-state index contributed by atoms with van der Waals surface area (Å²) < 4.78 is 0. The molecule has 11 heteroatoms. The summed E-state index contributed by atoms with van der Waals surface area (Å²) in [6, 6.07) is 14.4. The van der Waals surface area contributed by atoms with Crippen LogP contribution in [-0.2, 0) is 4.84 Å². The van der Waals surface area contributed by atoms with Crippen LogP contribution in [0.5, 0.6) is 0 Å². The van der Waals surface area contributed by atoms with E-state index in [9.17, 15) is 0 Å². The molecule has 0 heterocycles. The second-order valence-electron chi connectivity index (χ2n) is 6.10. The van der Waals surface area contributed by atoms with Gasteiger partial charge in [-0.25, -0.2) is 10.8 Å². The molecule has 0 aliphatic heterocycles. The van der Waals surface area contributed by atoms with Gasteiger partial charge in [0.2, 0.25) is 5.96 Å². The lowest BCUT2D eigenvalue weighted by molar-refractivity contribution is 0.319. The molecule has 0 atom stereocenters. The largest absolute Gasteiger partial charge is 0.369 e. The van der Waals surface area contributed by atoms with Crippen molar-refractivity contribution in [2.75, 3.05) is 10.6 Å². The van der Waals surface area contributed by atoms with Crippen molar-refractivity contribution in [1.29, 1.82) is 10.8 Å². The minimum atomic E-state index is -0.478. The standard InChI is InChI=1S/C19H23N9OS/c1-11(26-27-17(20)21)13-5-3-7-15(9-13)24-19(30)25-16-8-4-6-14(10-16)12(2)28-29-18(22)23/h3-10H,1-2H3,(H3,22,23)(H4,20,21,27)(H2,24,25,30)/b26-11+,28-12+. The van der Waals surface area contributed by atoms with Crippen LogP contribution in [0.1, 0.15) is 25.0 Å². The molecule has 0 spiro atoms. The predicted octanol–water partition coefficient (Wildman–Crippen LogP) is 2.34. The van der Waals surface area contributed by atoms with Gasteiger partial charge in [-0.3, -0.25) is 5.41 Å². The average molecular weight is 426 g/mol. The Hall–Kier alpha value is -3.99. The van der Waals surface area contributed by atoms with Crippen LogP contribution in [0.25, 0.3) is 0 Å². The Balaban J connectivity index is 2.06. The van der Waals surface area contributed by atoms with Crippen LogP contribution in [0.3, 0.4) is 0 Å². The summed E-state index contributed by atoms with van der Waals surface area (Å²) in [5, 5.41) is 28.7. The first-order chi connectivity index (χ1) is 14.2. The lowest BCUT2D eigenvalue weighted by Crippen LogP contribution is -2.26. The van der Waals surface area contributed by atoms with Gasteiger partial charge in [0.25, 0.3) is 0 Å². The number of amidine groups is 1. The molecule has 10 nitrogen and oxygen atoms in total. The lowest BCUT2D eigenvalue weighted by Gasteiger charge is -2.12. The van der Waals surface area contributed by atoms with E-state index < -0.39 is 6.02 Å². The van der Waals surface area contributed by atoms with Gasteiger partial charge in [0.15, 0.2) is 5.11 Å². The van der Waals surface area contributed by atoms with Gasteiger partial charge >= 0.3 is 6.02 Å². The Morgan fingerprint density at radius 3 is 1.97 bits per heavy atom. The number of hydrogen-bond donors (Lipinski definition) is 7. The zero-order chi connectivity index (χ0) is 22.1. The number of nitrogens with two attached hydrogens (primary N) is 2. The van der Waals surface area contributed by atoms with E-state index in [0.29, 0.717) is 16.5 Å². The second-order valence-corrected chi connectivity index (χ2v) is 6.50. The third kappa shape index (κ3) is 7.20. The molecule has 0 aromatic heterocycles. The number of nitrogens with zero attached hydrogens (tertiary/aromatic N) is 2. The summed E-state index contributed by atoms with van der Waals surface area (Å²) in [7, 11) is 0. The number of rotatable bonds is 6. The first-order valence-corrected chi connectivity index (χ1v) is 9.14. The van der Waals surface area contributed by atoms with Gasteiger partial charge in [0.05, 0.1) is 11.4 Å². The van der Waals surface area contributed by atoms with E-state index in [1.54, 1.807) is 13.8 Å². The molecule has 0 aliphatic carbocycles. The predicted molar refractivity (Wildman–Crippen MR) is 125 cm³/mol. The van der Waals surface area contributed by atoms with E-state index >= 15 is 0 Å².